The van der Waals surface area contributed by atoms with Gasteiger partial charge in [-0.25, -0.2) is 0 Å². The molecule has 2 heteroatoms. The van der Waals surface area contributed by atoms with E-state index in [1.807, 2.05) is 13.2 Å². The first kappa shape index (κ1) is 10.7. The molecule has 84 valence electrons. The van der Waals surface area contributed by atoms with Crippen LogP contribution in [-0.4, -0.2) is 6.54 Å². The maximum Gasteiger partial charge on any atom is 0.101 e. The first-order valence-electron chi connectivity index (χ1n) is 6.09. The van der Waals surface area contributed by atoms with Gasteiger partial charge in [0.05, 0.1) is 6.26 Å². The normalized spacial score (nSPS) is 19.6. The highest BCUT2D eigenvalue weighted by molar-refractivity contribution is 5.17. The average molecular weight is 207 g/mol. The average Bonchev–Trinajstić information content (AvgIpc) is 2.85. The summed E-state index contributed by atoms with van der Waals surface area (Å²) in [6.45, 7) is 5.22. The van der Waals surface area contributed by atoms with Crippen LogP contribution in [0.2, 0.25) is 0 Å². The van der Waals surface area contributed by atoms with Crippen LogP contribution in [0.1, 0.15) is 50.0 Å². The Balaban J connectivity index is 2.11. The molecule has 2 nitrogen and oxygen atoms in total. The van der Waals surface area contributed by atoms with E-state index < -0.39 is 0 Å². The Morgan fingerprint density at radius 3 is 2.73 bits per heavy atom. The van der Waals surface area contributed by atoms with E-state index in [1.54, 1.807) is 0 Å². The van der Waals surface area contributed by atoms with Gasteiger partial charge in [-0.3, -0.25) is 0 Å². The SMILES string of the molecule is CCNC(c1coc(C)c1)C1CCCC1. The molecule has 1 aromatic heterocycles. The van der Waals surface area contributed by atoms with Gasteiger partial charge in [-0.05, 0) is 38.3 Å². The second-order valence-corrected chi connectivity index (χ2v) is 4.57. The Kier molecular flexibility index (Phi) is 3.47. The summed E-state index contributed by atoms with van der Waals surface area (Å²) in [4.78, 5) is 0. The fourth-order valence-electron chi connectivity index (χ4n) is 2.69. The van der Waals surface area contributed by atoms with Crippen molar-refractivity contribution in [3.8, 4) is 0 Å². The van der Waals surface area contributed by atoms with Crippen molar-refractivity contribution >= 4 is 0 Å². The van der Waals surface area contributed by atoms with Gasteiger partial charge in [0.25, 0.3) is 0 Å². The van der Waals surface area contributed by atoms with Gasteiger partial charge in [0.15, 0.2) is 0 Å². The van der Waals surface area contributed by atoms with Gasteiger partial charge in [-0.1, -0.05) is 19.8 Å². The molecule has 0 aliphatic heterocycles. The molecule has 1 N–H and O–H groups in total. The van der Waals surface area contributed by atoms with Crippen molar-refractivity contribution in [2.45, 2.75) is 45.6 Å². The maximum atomic E-state index is 5.41. The zero-order valence-electron chi connectivity index (χ0n) is 9.75. The summed E-state index contributed by atoms with van der Waals surface area (Å²) in [5, 5.41) is 3.59. The van der Waals surface area contributed by atoms with E-state index in [0.717, 1.165) is 18.2 Å². The van der Waals surface area contributed by atoms with Crippen molar-refractivity contribution < 1.29 is 4.42 Å². The van der Waals surface area contributed by atoms with E-state index in [-0.39, 0.29) is 0 Å². The topological polar surface area (TPSA) is 25.2 Å². The first-order chi connectivity index (χ1) is 7.31. The molecule has 1 unspecified atom stereocenters. The van der Waals surface area contributed by atoms with Crippen molar-refractivity contribution in [3.05, 3.63) is 23.7 Å². The largest absolute Gasteiger partial charge is 0.469 e. The van der Waals surface area contributed by atoms with Crippen molar-refractivity contribution in [3.63, 3.8) is 0 Å². The molecule has 1 aromatic rings. The predicted molar refractivity (Wildman–Crippen MR) is 61.8 cm³/mol. The summed E-state index contributed by atoms with van der Waals surface area (Å²) < 4.78 is 5.41. The number of furan rings is 1. The third kappa shape index (κ3) is 2.43. The van der Waals surface area contributed by atoms with Crippen molar-refractivity contribution in [2.75, 3.05) is 6.54 Å². The maximum absolute atomic E-state index is 5.41. The predicted octanol–water partition coefficient (Wildman–Crippen LogP) is 3.43. The fraction of sp³-hybridized carbons (Fsp3) is 0.692. The summed E-state index contributed by atoms with van der Waals surface area (Å²) in [5.74, 6) is 1.83. The highest BCUT2D eigenvalue weighted by atomic mass is 16.3. The van der Waals surface area contributed by atoms with Crippen LogP contribution < -0.4 is 5.32 Å². The second kappa shape index (κ2) is 4.84. The Morgan fingerprint density at radius 1 is 1.47 bits per heavy atom. The van der Waals surface area contributed by atoms with Gasteiger partial charge in [-0.2, -0.15) is 0 Å². The molecule has 2 rings (SSSR count). The molecule has 1 aliphatic carbocycles. The molecule has 15 heavy (non-hydrogen) atoms. The molecule has 1 atom stereocenters. The molecule has 1 aliphatic rings. The molecular formula is C13H21NO. The summed E-state index contributed by atoms with van der Waals surface area (Å²) in [6.07, 6.45) is 7.43. The van der Waals surface area contributed by atoms with E-state index >= 15 is 0 Å². The summed E-state index contributed by atoms with van der Waals surface area (Å²) in [6, 6.07) is 2.68. The van der Waals surface area contributed by atoms with E-state index in [4.69, 9.17) is 4.42 Å². The van der Waals surface area contributed by atoms with Gasteiger partial charge in [0.1, 0.15) is 5.76 Å². The number of rotatable bonds is 4. The second-order valence-electron chi connectivity index (χ2n) is 4.57. The quantitative estimate of drug-likeness (QED) is 0.818. The van der Waals surface area contributed by atoms with E-state index in [9.17, 15) is 0 Å². The Hall–Kier alpha value is -0.760. The highest BCUT2D eigenvalue weighted by Crippen LogP contribution is 2.36. The lowest BCUT2D eigenvalue weighted by molar-refractivity contribution is 0.371. The zero-order valence-corrected chi connectivity index (χ0v) is 9.75. The van der Waals surface area contributed by atoms with Gasteiger partial charge in [-0.15, -0.1) is 0 Å². The Morgan fingerprint density at radius 2 is 2.20 bits per heavy atom. The van der Waals surface area contributed by atoms with Crippen LogP contribution in [0.5, 0.6) is 0 Å². The first-order valence-corrected chi connectivity index (χ1v) is 6.09. The van der Waals surface area contributed by atoms with Crippen LogP contribution in [0.4, 0.5) is 0 Å². The third-order valence-corrected chi connectivity index (χ3v) is 3.41. The lowest BCUT2D eigenvalue weighted by Crippen LogP contribution is -2.26. The van der Waals surface area contributed by atoms with Crippen molar-refractivity contribution in [2.24, 2.45) is 5.92 Å². The van der Waals surface area contributed by atoms with Crippen LogP contribution in [-0.2, 0) is 0 Å². The zero-order chi connectivity index (χ0) is 10.7. The number of aryl methyl sites for hydroxylation is 1. The summed E-state index contributed by atoms with van der Waals surface area (Å²) in [5.41, 5.74) is 1.33. The smallest absolute Gasteiger partial charge is 0.101 e. The standard InChI is InChI=1S/C13H21NO/c1-3-14-13(11-6-4-5-7-11)12-8-10(2)15-9-12/h8-9,11,13-14H,3-7H2,1-2H3. The fourth-order valence-corrected chi connectivity index (χ4v) is 2.69. The van der Waals surface area contributed by atoms with Gasteiger partial charge >= 0.3 is 0 Å². The van der Waals surface area contributed by atoms with Gasteiger partial charge in [0.2, 0.25) is 0 Å². The number of nitrogens with one attached hydrogen (secondary N) is 1. The van der Waals surface area contributed by atoms with E-state index in [1.165, 1.54) is 31.2 Å². The molecule has 0 saturated heterocycles. The van der Waals surface area contributed by atoms with Crippen molar-refractivity contribution in [1.29, 1.82) is 0 Å². The summed E-state index contributed by atoms with van der Waals surface area (Å²) >= 11 is 0. The lowest BCUT2D eigenvalue weighted by atomic mass is 9.93. The molecule has 0 amide bonds. The molecule has 1 saturated carbocycles. The highest BCUT2D eigenvalue weighted by Gasteiger charge is 2.26. The van der Waals surface area contributed by atoms with E-state index in [2.05, 4.69) is 18.3 Å². The molecule has 0 spiro atoms. The van der Waals surface area contributed by atoms with Crippen molar-refractivity contribution in [1.82, 2.24) is 5.32 Å². The molecular weight excluding hydrogens is 186 g/mol. The monoisotopic (exact) mass is 207 g/mol. The molecule has 0 radical (unpaired) electrons. The molecule has 1 heterocycles. The minimum Gasteiger partial charge on any atom is -0.469 e. The third-order valence-electron chi connectivity index (χ3n) is 3.41. The Bertz CT molecular complexity index is 299. The van der Waals surface area contributed by atoms with Gasteiger partial charge in [0, 0.05) is 11.6 Å². The number of hydrogen-bond donors (Lipinski definition) is 1. The minimum atomic E-state index is 0.509. The minimum absolute atomic E-state index is 0.509. The van der Waals surface area contributed by atoms with Gasteiger partial charge < -0.3 is 9.73 Å². The Labute approximate surface area is 92.1 Å². The van der Waals surface area contributed by atoms with Crippen LogP contribution >= 0.6 is 0 Å². The van der Waals surface area contributed by atoms with E-state index in [0.29, 0.717) is 6.04 Å². The summed E-state index contributed by atoms with van der Waals surface area (Å²) in [7, 11) is 0. The molecule has 1 fully saturated rings. The lowest BCUT2D eigenvalue weighted by Gasteiger charge is -2.22. The molecule has 0 aromatic carbocycles. The van der Waals surface area contributed by atoms with Crippen LogP contribution in [0.3, 0.4) is 0 Å². The van der Waals surface area contributed by atoms with Crippen LogP contribution in [0.15, 0.2) is 16.7 Å². The van der Waals surface area contributed by atoms with Crippen LogP contribution in [0, 0.1) is 12.8 Å². The molecule has 0 bridgehead atoms. The van der Waals surface area contributed by atoms with Crippen LogP contribution in [0.25, 0.3) is 0 Å². The number of hydrogen-bond acceptors (Lipinski definition) is 2.